The second-order valence-electron chi connectivity index (χ2n) is 9.88. The normalized spacial score (nSPS) is 44.1. The fraction of sp³-hybridized carbons (Fsp3) is 0.833. The summed E-state index contributed by atoms with van der Waals surface area (Å²) in [4.78, 5) is 0. The highest BCUT2D eigenvalue weighted by Gasteiger charge is 2.40. The molecule has 1 aliphatic heterocycles. The molecule has 1 heterocycles. The van der Waals surface area contributed by atoms with E-state index in [4.69, 9.17) is 9.47 Å². The summed E-state index contributed by atoms with van der Waals surface area (Å²) in [6.45, 7) is 2.94. The van der Waals surface area contributed by atoms with E-state index in [0.29, 0.717) is 36.5 Å². The Labute approximate surface area is 172 Å². The van der Waals surface area contributed by atoms with Gasteiger partial charge in [0.05, 0.1) is 19.9 Å². The molecule has 0 spiro atoms. The first kappa shape index (κ1) is 21.4. The second-order valence-corrected chi connectivity index (χ2v) is 9.88. The van der Waals surface area contributed by atoms with Gasteiger partial charge in [-0.15, -0.1) is 0 Å². The topological polar surface area (TPSA) is 18.5 Å². The van der Waals surface area contributed by atoms with E-state index in [9.17, 15) is 13.2 Å². The maximum atomic E-state index is 15.0. The van der Waals surface area contributed by atoms with Crippen LogP contribution in [0.5, 0.6) is 0 Å². The van der Waals surface area contributed by atoms with Crippen LogP contribution in [0.4, 0.5) is 13.2 Å². The maximum Gasteiger partial charge on any atom is 0.183 e. The quantitative estimate of drug-likeness (QED) is 0.537. The van der Waals surface area contributed by atoms with Crippen LogP contribution in [0.25, 0.3) is 0 Å². The number of rotatable bonds is 4. The fourth-order valence-corrected chi connectivity index (χ4v) is 5.96. The molecule has 1 saturated heterocycles. The first-order valence-corrected chi connectivity index (χ1v) is 11.6. The lowest BCUT2D eigenvalue weighted by molar-refractivity contribution is -0.175. The van der Waals surface area contributed by atoms with Gasteiger partial charge in [0.2, 0.25) is 0 Å². The molecule has 0 radical (unpaired) electrons. The molecule has 0 aromatic carbocycles. The predicted octanol–water partition coefficient (Wildman–Crippen LogP) is 6.33. The van der Waals surface area contributed by atoms with Crippen molar-refractivity contribution in [1.29, 1.82) is 0 Å². The average Bonchev–Trinajstić information content (AvgIpc) is 2.74. The van der Waals surface area contributed by atoms with Crippen LogP contribution in [0.3, 0.4) is 0 Å². The Balaban J connectivity index is 1.30. The van der Waals surface area contributed by atoms with Gasteiger partial charge in [0, 0.05) is 17.4 Å². The molecule has 3 fully saturated rings. The van der Waals surface area contributed by atoms with Crippen LogP contribution in [-0.4, -0.2) is 32.4 Å². The van der Waals surface area contributed by atoms with E-state index < -0.39 is 18.4 Å². The van der Waals surface area contributed by atoms with Crippen LogP contribution in [0.15, 0.2) is 23.6 Å². The number of alkyl halides is 2. The molecule has 4 rings (SSSR count). The van der Waals surface area contributed by atoms with Crippen molar-refractivity contribution >= 4 is 0 Å². The lowest BCUT2D eigenvalue weighted by Gasteiger charge is -2.40. The number of ether oxygens (including phenoxy) is 2. The van der Waals surface area contributed by atoms with Gasteiger partial charge in [-0.2, -0.15) is 0 Å². The van der Waals surface area contributed by atoms with Crippen molar-refractivity contribution in [3.8, 4) is 0 Å². The molecule has 0 amide bonds. The highest BCUT2D eigenvalue weighted by atomic mass is 19.1. The maximum absolute atomic E-state index is 15.0. The zero-order valence-corrected chi connectivity index (χ0v) is 17.5. The smallest absolute Gasteiger partial charge is 0.183 e. The van der Waals surface area contributed by atoms with Crippen LogP contribution >= 0.6 is 0 Å². The summed E-state index contributed by atoms with van der Waals surface area (Å²) < 4.78 is 54.0. The Morgan fingerprint density at radius 2 is 1.45 bits per heavy atom. The summed E-state index contributed by atoms with van der Waals surface area (Å²) in [6, 6.07) is 0. The molecule has 164 valence electrons. The summed E-state index contributed by atoms with van der Waals surface area (Å²) >= 11 is 0. The molecular formula is C24H35F3O2. The largest absolute Gasteiger partial charge is 0.348 e. The van der Waals surface area contributed by atoms with Gasteiger partial charge in [0.25, 0.3) is 0 Å². The van der Waals surface area contributed by atoms with E-state index in [1.165, 1.54) is 12.2 Å². The highest BCUT2D eigenvalue weighted by molar-refractivity contribution is 5.32. The summed E-state index contributed by atoms with van der Waals surface area (Å²) in [5.74, 6) is 0.944. The van der Waals surface area contributed by atoms with Crippen molar-refractivity contribution < 1.29 is 22.6 Å². The number of hydrogen-bond acceptors (Lipinski definition) is 2. The van der Waals surface area contributed by atoms with Gasteiger partial charge in [0.1, 0.15) is 12.0 Å². The van der Waals surface area contributed by atoms with Crippen molar-refractivity contribution in [1.82, 2.24) is 0 Å². The van der Waals surface area contributed by atoms with E-state index >= 15 is 0 Å². The molecule has 0 aromatic rings. The lowest BCUT2D eigenvalue weighted by atomic mass is 9.66. The van der Waals surface area contributed by atoms with Gasteiger partial charge < -0.3 is 9.47 Å². The van der Waals surface area contributed by atoms with Gasteiger partial charge in [-0.05, 0) is 87.2 Å². The number of hydrogen-bond donors (Lipinski definition) is 0. The van der Waals surface area contributed by atoms with E-state index in [1.54, 1.807) is 0 Å². The second kappa shape index (κ2) is 9.55. The Morgan fingerprint density at radius 1 is 0.897 bits per heavy atom. The molecule has 4 aliphatic rings. The Kier molecular flexibility index (Phi) is 7.06. The minimum atomic E-state index is -1.32. The molecule has 29 heavy (non-hydrogen) atoms. The predicted molar refractivity (Wildman–Crippen MR) is 107 cm³/mol. The highest BCUT2D eigenvalue weighted by Crippen LogP contribution is 2.46. The van der Waals surface area contributed by atoms with E-state index in [0.717, 1.165) is 51.4 Å². The van der Waals surface area contributed by atoms with Gasteiger partial charge in [0.15, 0.2) is 6.29 Å². The summed E-state index contributed by atoms with van der Waals surface area (Å²) in [5.41, 5.74) is 0.483. The van der Waals surface area contributed by atoms with Crippen LogP contribution < -0.4 is 0 Å². The van der Waals surface area contributed by atoms with Crippen molar-refractivity contribution in [2.45, 2.75) is 70.8 Å². The Bertz CT molecular complexity index is 595. The molecule has 3 aliphatic carbocycles. The SMILES string of the molecule is CC1COC(C2=CC(F)C(C3CCC(C4CCC(CF)CC4)CC3)C(F)=C2)OC1. The number of allylic oxidation sites excluding steroid dienone is 2. The van der Waals surface area contributed by atoms with Crippen LogP contribution in [-0.2, 0) is 9.47 Å². The third-order valence-corrected chi connectivity index (χ3v) is 7.75. The molecule has 0 aromatic heterocycles. The van der Waals surface area contributed by atoms with Gasteiger partial charge in [-0.3, -0.25) is 4.39 Å². The third-order valence-electron chi connectivity index (χ3n) is 7.75. The molecule has 5 heteroatoms. The standard InChI is InChI=1S/C24H35F3O2/c1-15-13-28-24(29-14-15)20-10-21(26)23(22(27)11-20)19-8-6-18(7-9-19)17-4-2-16(12-25)3-5-17/h10-11,15-19,21,23-24H,2-9,12-14H2,1H3. The Morgan fingerprint density at radius 3 is 2.00 bits per heavy atom. The average molecular weight is 413 g/mol. The fourth-order valence-electron chi connectivity index (χ4n) is 5.96. The van der Waals surface area contributed by atoms with Crippen molar-refractivity contribution in [3.63, 3.8) is 0 Å². The van der Waals surface area contributed by atoms with Gasteiger partial charge >= 0.3 is 0 Å². The minimum Gasteiger partial charge on any atom is -0.348 e. The zero-order valence-electron chi connectivity index (χ0n) is 17.5. The van der Waals surface area contributed by atoms with Crippen LogP contribution in [0.1, 0.15) is 58.3 Å². The number of halogens is 3. The molecule has 2 saturated carbocycles. The molecule has 2 unspecified atom stereocenters. The van der Waals surface area contributed by atoms with Crippen molar-refractivity contribution in [3.05, 3.63) is 23.6 Å². The summed E-state index contributed by atoms with van der Waals surface area (Å²) in [6.07, 6.45) is 9.13. The lowest BCUT2D eigenvalue weighted by Crippen LogP contribution is -2.36. The van der Waals surface area contributed by atoms with E-state index in [1.807, 2.05) is 6.92 Å². The van der Waals surface area contributed by atoms with Crippen molar-refractivity contribution in [2.75, 3.05) is 19.9 Å². The zero-order chi connectivity index (χ0) is 20.4. The van der Waals surface area contributed by atoms with Gasteiger partial charge in [-0.1, -0.05) is 6.92 Å². The van der Waals surface area contributed by atoms with Gasteiger partial charge in [-0.25, -0.2) is 8.78 Å². The first-order valence-electron chi connectivity index (χ1n) is 11.6. The first-order chi connectivity index (χ1) is 14.0. The molecule has 2 atom stereocenters. The molecule has 0 N–H and O–H groups in total. The van der Waals surface area contributed by atoms with Crippen molar-refractivity contribution in [2.24, 2.45) is 35.5 Å². The van der Waals surface area contributed by atoms with E-state index in [2.05, 4.69) is 0 Å². The Hall–Kier alpha value is -0.810. The van der Waals surface area contributed by atoms with Crippen LogP contribution in [0, 0.1) is 35.5 Å². The third kappa shape index (κ3) is 4.92. The summed E-state index contributed by atoms with van der Waals surface area (Å²) in [5, 5.41) is 0. The van der Waals surface area contributed by atoms with Crippen LogP contribution in [0.2, 0.25) is 0 Å². The monoisotopic (exact) mass is 412 g/mol. The van der Waals surface area contributed by atoms with E-state index in [-0.39, 0.29) is 24.3 Å². The molecule has 0 bridgehead atoms. The minimum absolute atomic E-state index is 0.0608. The molecular weight excluding hydrogens is 377 g/mol. The molecule has 2 nitrogen and oxygen atoms in total. The summed E-state index contributed by atoms with van der Waals surface area (Å²) in [7, 11) is 0.